The molecule has 7 nitrogen and oxygen atoms in total. The SMILES string of the molecule is CCC(CC)O[C@@H]1C=C(C(=O)O)C[C@H](NCc2ccc(-c3cc(C)cc(F)c3)o2)[C@H]1NC(C)=O. The number of ether oxygens (including phenoxy) is 1. The monoisotopic (exact) mass is 472 g/mol. The van der Waals surface area contributed by atoms with E-state index in [4.69, 9.17) is 9.15 Å². The number of carbonyl (C=O) groups excluding carboxylic acids is 1. The lowest BCUT2D eigenvalue weighted by molar-refractivity contribution is -0.133. The molecule has 34 heavy (non-hydrogen) atoms. The van der Waals surface area contributed by atoms with Crippen LogP contribution in [0.2, 0.25) is 0 Å². The number of carboxylic acid groups (broad SMARTS) is 1. The summed E-state index contributed by atoms with van der Waals surface area (Å²) in [5.41, 5.74) is 1.68. The topological polar surface area (TPSA) is 101 Å². The number of carbonyl (C=O) groups is 2. The first kappa shape index (κ1) is 25.6. The van der Waals surface area contributed by atoms with Crippen LogP contribution in [0.1, 0.15) is 51.4 Å². The van der Waals surface area contributed by atoms with Gasteiger partial charge in [-0.15, -0.1) is 0 Å². The fraction of sp³-hybridized carbons (Fsp3) is 0.462. The zero-order chi connectivity index (χ0) is 24.8. The fourth-order valence-corrected chi connectivity index (χ4v) is 4.30. The van der Waals surface area contributed by atoms with E-state index < -0.39 is 18.1 Å². The van der Waals surface area contributed by atoms with Crippen molar-refractivity contribution in [1.82, 2.24) is 10.6 Å². The van der Waals surface area contributed by atoms with Gasteiger partial charge in [0.2, 0.25) is 5.91 Å². The van der Waals surface area contributed by atoms with Gasteiger partial charge in [-0.25, -0.2) is 9.18 Å². The van der Waals surface area contributed by atoms with E-state index in [0.717, 1.165) is 18.4 Å². The summed E-state index contributed by atoms with van der Waals surface area (Å²) in [7, 11) is 0. The minimum atomic E-state index is -1.01. The van der Waals surface area contributed by atoms with Crippen LogP contribution in [-0.4, -0.2) is 41.3 Å². The Kier molecular flexibility index (Phi) is 8.63. The molecular weight excluding hydrogens is 439 g/mol. The van der Waals surface area contributed by atoms with Crippen LogP contribution >= 0.6 is 0 Å². The number of rotatable bonds is 10. The molecule has 1 aliphatic carbocycles. The molecule has 0 radical (unpaired) electrons. The molecule has 0 unspecified atom stereocenters. The lowest BCUT2D eigenvalue weighted by atomic mass is 9.87. The summed E-state index contributed by atoms with van der Waals surface area (Å²) in [5.74, 6) is -0.398. The number of aliphatic carboxylic acids is 1. The van der Waals surface area contributed by atoms with E-state index in [1.807, 2.05) is 26.8 Å². The van der Waals surface area contributed by atoms with Crippen molar-refractivity contribution in [2.45, 2.75) is 77.8 Å². The molecule has 0 saturated heterocycles. The Hall–Kier alpha value is -2.97. The van der Waals surface area contributed by atoms with Crippen LogP contribution in [0.25, 0.3) is 11.3 Å². The summed E-state index contributed by atoms with van der Waals surface area (Å²) in [6.45, 7) is 7.57. The number of furan rings is 1. The van der Waals surface area contributed by atoms with Gasteiger partial charge in [0.1, 0.15) is 17.3 Å². The Morgan fingerprint density at radius 3 is 2.59 bits per heavy atom. The molecule has 1 aromatic heterocycles. The molecule has 1 amide bonds. The molecule has 3 N–H and O–H groups in total. The molecule has 1 heterocycles. The standard InChI is InChI=1S/C26H33FN2O5/c1-5-20(6-2)33-24-13-18(26(31)32)12-22(25(24)29-16(4)30)28-14-21-7-8-23(34-21)17-9-15(3)10-19(27)11-17/h7-11,13,20,22,24-25,28H,5-6,12,14H2,1-4H3,(H,29,30)(H,31,32)/t22-,24+,25+/m0/s1. The average molecular weight is 473 g/mol. The van der Waals surface area contributed by atoms with Crippen molar-refractivity contribution >= 4 is 11.9 Å². The van der Waals surface area contributed by atoms with Gasteiger partial charge in [0.05, 0.1) is 24.8 Å². The van der Waals surface area contributed by atoms with E-state index in [9.17, 15) is 19.1 Å². The maximum absolute atomic E-state index is 13.8. The largest absolute Gasteiger partial charge is 0.478 e. The predicted molar refractivity (Wildman–Crippen MR) is 127 cm³/mol. The maximum atomic E-state index is 13.8. The highest BCUT2D eigenvalue weighted by atomic mass is 19.1. The number of hydrogen-bond donors (Lipinski definition) is 3. The predicted octanol–water partition coefficient (Wildman–Crippen LogP) is 4.35. The summed E-state index contributed by atoms with van der Waals surface area (Å²) in [6, 6.07) is 7.46. The average Bonchev–Trinajstić information content (AvgIpc) is 3.25. The Balaban J connectivity index is 1.79. The third-order valence-corrected chi connectivity index (χ3v) is 6.02. The zero-order valence-electron chi connectivity index (χ0n) is 20.1. The molecule has 0 spiro atoms. The van der Waals surface area contributed by atoms with Crippen LogP contribution in [-0.2, 0) is 20.9 Å². The normalized spacial score (nSPS) is 20.3. The van der Waals surface area contributed by atoms with Crippen LogP contribution in [0.3, 0.4) is 0 Å². The van der Waals surface area contributed by atoms with Gasteiger partial charge < -0.3 is 24.9 Å². The molecule has 0 fully saturated rings. The third kappa shape index (κ3) is 6.55. The highest BCUT2D eigenvalue weighted by molar-refractivity contribution is 5.87. The van der Waals surface area contributed by atoms with Crippen molar-refractivity contribution < 1.29 is 28.2 Å². The quantitative estimate of drug-likeness (QED) is 0.475. The smallest absolute Gasteiger partial charge is 0.331 e. The molecule has 1 aliphatic rings. The van der Waals surface area contributed by atoms with Gasteiger partial charge >= 0.3 is 5.97 Å². The van der Waals surface area contributed by atoms with E-state index in [1.54, 1.807) is 18.2 Å². The zero-order valence-corrected chi connectivity index (χ0v) is 20.1. The number of hydrogen-bond acceptors (Lipinski definition) is 5. The summed E-state index contributed by atoms with van der Waals surface area (Å²) in [6.07, 6.45) is 2.77. The minimum absolute atomic E-state index is 0.0475. The molecule has 8 heteroatoms. The van der Waals surface area contributed by atoms with Crippen molar-refractivity contribution in [3.63, 3.8) is 0 Å². The highest BCUT2D eigenvalue weighted by Gasteiger charge is 2.37. The van der Waals surface area contributed by atoms with E-state index in [0.29, 0.717) is 23.6 Å². The highest BCUT2D eigenvalue weighted by Crippen LogP contribution is 2.27. The van der Waals surface area contributed by atoms with Gasteiger partial charge in [0, 0.05) is 24.1 Å². The molecule has 0 aliphatic heterocycles. The van der Waals surface area contributed by atoms with E-state index >= 15 is 0 Å². The maximum Gasteiger partial charge on any atom is 0.331 e. The Bertz CT molecular complexity index is 1020. The summed E-state index contributed by atoms with van der Waals surface area (Å²) >= 11 is 0. The van der Waals surface area contributed by atoms with Gasteiger partial charge in [-0.05, 0) is 68.2 Å². The van der Waals surface area contributed by atoms with Gasteiger partial charge in [0.25, 0.3) is 0 Å². The second-order valence-electron chi connectivity index (χ2n) is 8.74. The summed E-state index contributed by atoms with van der Waals surface area (Å²) in [4.78, 5) is 23.8. The van der Waals surface area contributed by atoms with Crippen LogP contribution in [0.15, 0.2) is 46.4 Å². The third-order valence-electron chi connectivity index (χ3n) is 6.02. The minimum Gasteiger partial charge on any atom is -0.478 e. The molecule has 3 rings (SSSR count). The summed E-state index contributed by atoms with van der Waals surface area (Å²) in [5, 5.41) is 15.9. The first-order chi connectivity index (χ1) is 16.2. The van der Waals surface area contributed by atoms with Crippen molar-refractivity contribution in [3.8, 4) is 11.3 Å². The van der Waals surface area contributed by atoms with Gasteiger partial charge in [0.15, 0.2) is 0 Å². The Labute approximate surface area is 199 Å². The molecule has 0 bridgehead atoms. The molecule has 1 aromatic carbocycles. The van der Waals surface area contributed by atoms with E-state index in [2.05, 4.69) is 10.6 Å². The van der Waals surface area contributed by atoms with Crippen LogP contribution in [0.4, 0.5) is 4.39 Å². The number of amides is 1. The van der Waals surface area contributed by atoms with Crippen molar-refractivity contribution in [1.29, 1.82) is 0 Å². The number of carboxylic acids is 1. The van der Waals surface area contributed by atoms with Crippen LogP contribution in [0.5, 0.6) is 0 Å². The number of halogens is 1. The summed E-state index contributed by atoms with van der Waals surface area (Å²) < 4.78 is 25.9. The van der Waals surface area contributed by atoms with Crippen molar-refractivity contribution in [2.24, 2.45) is 0 Å². The van der Waals surface area contributed by atoms with Crippen LogP contribution in [0, 0.1) is 12.7 Å². The molecule has 2 aromatic rings. The van der Waals surface area contributed by atoms with Crippen molar-refractivity contribution in [2.75, 3.05) is 0 Å². The first-order valence-electron chi connectivity index (χ1n) is 11.7. The van der Waals surface area contributed by atoms with Crippen LogP contribution < -0.4 is 10.6 Å². The first-order valence-corrected chi connectivity index (χ1v) is 11.7. The fourth-order valence-electron chi connectivity index (χ4n) is 4.30. The lowest BCUT2D eigenvalue weighted by Crippen LogP contribution is -2.58. The number of benzene rings is 1. The molecule has 0 saturated carbocycles. The second kappa shape index (κ2) is 11.4. The lowest BCUT2D eigenvalue weighted by Gasteiger charge is -2.38. The van der Waals surface area contributed by atoms with E-state index in [1.165, 1.54) is 19.1 Å². The Morgan fingerprint density at radius 2 is 1.97 bits per heavy atom. The molecule has 3 atom stereocenters. The second-order valence-corrected chi connectivity index (χ2v) is 8.74. The van der Waals surface area contributed by atoms with Crippen molar-refractivity contribution in [3.05, 3.63) is 59.1 Å². The van der Waals surface area contributed by atoms with Gasteiger partial charge in [-0.3, -0.25) is 4.79 Å². The Morgan fingerprint density at radius 1 is 1.24 bits per heavy atom. The van der Waals surface area contributed by atoms with E-state index in [-0.39, 0.29) is 35.9 Å². The molecule has 184 valence electrons. The number of aryl methyl sites for hydroxylation is 1. The molecular formula is C26H33FN2O5. The number of nitrogens with one attached hydrogen (secondary N) is 2. The van der Waals surface area contributed by atoms with Gasteiger partial charge in [-0.2, -0.15) is 0 Å². The van der Waals surface area contributed by atoms with Gasteiger partial charge in [-0.1, -0.05) is 13.8 Å².